The highest BCUT2D eigenvalue weighted by Gasteiger charge is 2.32. The van der Waals surface area contributed by atoms with E-state index in [9.17, 15) is 9.90 Å². The second kappa shape index (κ2) is 7.21. The number of halogens is 1. The minimum absolute atomic E-state index is 0.166. The van der Waals surface area contributed by atoms with E-state index in [2.05, 4.69) is 10.2 Å². The van der Waals surface area contributed by atoms with E-state index >= 15 is 0 Å². The van der Waals surface area contributed by atoms with Crippen LogP contribution in [0.25, 0.3) is 0 Å². The SMILES string of the molecule is C[C@H](C(=O)O)C1CN(C2=Nc3ccccc3Oc3ccc(Cl)cc32)CCN1. The molecule has 0 spiro atoms. The van der Waals surface area contributed by atoms with Crippen molar-refractivity contribution >= 4 is 29.1 Å². The van der Waals surface area contributed by atoms with Crippen molar-refractivity contribution in [1.29, 1.82) is 0 Å². The van der Waals surface area contributed by atoms with Gasteiger partial charge in [-0.05, 0) is 30.3 Å². The molecular formula is C20H20ClN3O3. The molecule has 6 nitrogen and oxygen atoms in total. The Hall–Kier alpha value is -2.57. The van der Waals surface area contributed by atoms with Crippen molar-refractivity contribution in [2.45, 2.75) is 13.0 Å². The molecule has 0 aliphatic carbocycles. The molecule has 2 N–H and O–H groups in total. The molecule has 1 saturated heterocycles. The molecule has 0 saturated carbocycles. The number of benzene rings is 2. The summed E-state index contributed by atoms with van der Waals surface area (Å²) in [6, 6.07) is 12.9. The number of nitrogens with zero attached hydrogens (tertiary/aromatic N) is 2. The van der Waals surface area contributed by atoms with Crippen LogP contribution in [-0.2, 0) is 4.79 Å². The van der Waals surface area contributed by atoms with Crippen molar-refractivity contribution in [3.8, 4) is 11.5 Å². The second-order valence-corrected chi connectivity index (χ2v) is 7.22. The van der Waals surface area contributed by atoms with Gasteiger partial charge >= 0.3 is 5.97 Å². The summed E-state index contributed by atoms with van der Waals surface area (Å²) in [5.41, 5.74) is 1.54. The lowest BCUT2D eigenvalue weighted by atomic mass is 9.99. The van der Waals surface area contributed by atoms with Crippen LogP contribution in [0.15, 0.2) is 47.5 Å². The van der Waals surface area contributed by atoms with Crippen molar-refractivity contribution < 1.29 is 14.6 Å². The summed E-state index contributed by atoms with van der Waals surface area (Å²) in [5, 5.41) is 13.3. The molecule has 2 aliphatic heterocycles. The van der Waals surface area contributed by atoms with Crippen LogP contribution in [0.5, 0.6) is 11.5 Å². The van der Waals surface area contributed by atoms with Gasteiger partial charge in [-0.1, -0.05) is 30.7 Å². The normalized spacial score (nSPS) is 19.9. The van der Waals surface area contributed by atoms with Crippen molar-refractivity contribution in [1.82, 2.24) is 10.2 Å². The minimum atomic E-state index is -0.811. The smallest absolute Gasteiger partial charge is 0.307 e. The topological polar surface area (TPSA) is 74.2 Å². The molecule has 2 atom stereocenters. The summed E-state index contributed by atoms with van der Waals surface area (Å²) in [4.78, 5) is 18.4. The molecule has 0 radical (unpaired) electrons. The molecule has 27 heavy (non-hydrogen) atoms. The summed E-state index contributed by atoms with van der Waals surface area (Å²) in [6.07, 6.45) is 0. The predicted molar refractivity (Wildman–Crippen MR) is 104 cm³/mol. The first-order chi connectivity index (χ1) is 13.0. The second-order valence-electron chi connectivity index (χ2n) is 6.78. The molecular weight excluding hydrogens is 366 g/mol. The van der Waals surface area contributed by atoms with Crippen LogP contribution >= 0.6 is 11.6 Å². The Balaban J connectivity index is 1.77. The summed E-state index contributed by atoms with van der Waals surface area (Å²) < 4.78 is 6.08. The van der Waals surface area contributed by atoms with Crippen LogP contribution in [0.3, 0.4) is 0 Å². The Morgan fingerprint density at radius 1 is 1.33 bits per heavy atom. The zero-order valence-electron chi connectivity index (χ0n) is 14.9. The van der Waals surface area contributed by atoms with Crippen LogP contribution in [0, 0.1) is 5.92 Å². The van der Waals surface area contributed by atoms with E-state index in [1.54, 1.807) is 13.0 Å². The number of carbonyl (C=O) groups is 1. The molecule has 0 aromatic heterocycles. The number of amidine groups is 1. The fraction of sp³-hybridized carbons (Fsp3) is 0.300. The third-order valence-electron chi connectivity index (χ3n) is 4.99. The molecule has 1 unspecified atom stereocenters. The number of carboxylic acid groups (broad SMARTS) is 1. The molecule has 2 heterocycles. The van der Waals surface area contributed by atoms with Crippen molar-refractivity contribution in [3.05, 3.63) is 53.1 Å². The highest BCUT2D eigenvalue weighted by molar-refractivity contribution is 6.31. The molecule has 1 fully saturated rings. The zero-order chi connectivity index (χ0) is 19.0. The molecule has 2 aromatic rings. The number of ether oxygens (including phenoxy) is 1. The minimum Gasteiger partial charge on any atom is -0.481 e. The average molecular weight is 386 g/mol. The van der Waals surface area contributed by atoms with E-state index in [0.29, 0.717) is 29.6 Å². The molecule has 7 heteroatoms. The van der Waals surface area contributed by atoms with Crippen molar-refractivity contribution in [2.24, 2.45) is 10.9 Å². The number of nitrogens with one attached hydrogen (secondary N) is 1. The molecule has 2 aromatic carbocycles. The van der Waals surface area contributed by atoms with Crippen LogP contribution in [-0.4, -0.2) is 47.5 Å². The molecule has 2 aliphatic rings. The van der Waals surface area contributed by atoms with E-state index in [0.717, 1.165) is 23.6 Å². The number of hydrogen-bond donors (Lipinski definition) is 2. The van der Waals surface area contributed by atoms with Gasteiger partial charge in [-0.15, -0.1) is 0 Å². The Kier molecular flexibility index (Phi) is 4.76. The highest BCUT2D eigenvalue weighted by atomic mass is 35.5. The number of fused-ring (bicyclic) bond motifs is 2. The van der Waals surface area contributed by atoms with Crippen molar-refractivity contribution in [2.75, 3.05) is 19.6 Å². The summed E-state index contributed by atoms with van der Waals surface area (Å²) >= 11 is 6.25. The summed E-state index contributed by atoms with van der Waals surface area (Å²) in [6.45, 7) is 3.66. The number of piperazine rings is 1. The molecule has 0 bridgehead atoms. The van der Waals surface area contributed by atoms with Gasteiger partial charge in [0.1, 0.15) is 17.3 Å². The van der Waals surface area contributed by atoms with Gasteiger partial charge in [-0.3, -0.25) is 4.79 Å². The Morgan fingerprint density at radius 2 is 2.15 bits per heavy atom. The third kappa shape index (κ3) is 3.50. The Labute approximate surface area is 162 Å². The first-order valence-electron chi connectivity index (χ1n) is 8.89. The quantitative estimate of drug-likeness (QED) is 0.827. The number of aliphatic imine (C=N–C) groups is 1. The van der Waals surface area contributed by atoms with Crippen LogP contribution < -0.4 is 10.1 Å². The third-order valence-corrected chi connectivity index (χ3v) is 5.23. The van der Waals surface area contributed by atoms with Gasteiger partial charge in [-0.25, -0.2) is 4.99 Å². The maximum Gasteiger partial charge on any atom is 0.307 e. The van der Waals surface area contributed by atoms with Crippen molar-refractivity contribution in [3.63, 3.8) is 0 Å². The number of aliphatic carboxylic acids is 1. The lowest BCUT2D eigenvalue weighted by Crippen LogP contribution is -2.56. The van der Waals surface area contributed by atoms with Gasteiger partial charge in [0.15, 0.2) is 5.75 Å². The lowest BCUT2D eigenvalue weighted by Gasteiger charge is -2.37. The Bertz CT molecular complexity index is 915. The van der Waals surface area contributed by atoms with E-state index in [4.69, 9.17) is 21.3 Å². The van der Waals surface area contributed by atoms with Gasteiger partial charge in [-0.2, -0.15) is 0 Å². The van der Waals surface area contributed by atoms with E-state index in [1.807, 2.05) is 36.4 Å². The van der Waals surface area contributed by atoms with Crippen LogP contribution in [0.4, 0.5) is 5.69 Å². The van der Waals surface area contributed by atoms with E-state index < -0.39 is 11.9 Å². The number of para-hydroxylation sites is 2. The van der Waals surface area contributed by atoms with Crippen LogP contribution in [0.2, 0.25) is 5.02 Å². The molecule has 4 rings (SSSR count). The summed E-state index contributed by atoms with van der Waals surface area (Å²) in [5.74, 6) is 0.809. The zero-order valence-corrected chi connectivity index (χ0v) is 15.6. The summed E-state index contributed by atoms with van der Waals surface area (Å²) in [7, 11) is 0. The largest absolute Gasteiger partial charge is 0.481 e. The van der Waals surface area contributed by atoms with Gasteiger partial charge in [0.25, 0.3) is 0 Å². The van der Waals surface area contributed by atoms with Gasteiger partial charge in [0.05, 0.1) is 11.5 Å². The predicted octanol–water partition coefficient (Wildman–Crippen LogP) is 3.52. The average Bonchev–Trinajstić information content (AvgIpc) is 2.84. The van der Waals surface area contributed by atoms with Gasteiger partial charge < -0.3 is 20.1 Å². The maximum absolute atomic E-state index is 11.4. The maximum atomic E-state index is 11.4. The number of carboxylic acids is 1. The van der Waals surface area contributed by atoms with E-state index in [-0.39, 0.29) is 6.04 Å². The van der Waals surface area contributed by atoms with Gasteiger partial charge in [0, 0.05) is 30.7 Å². The molecule has 140 valence electrons. The van der Waals surface area contributed by atoms with E-state index in [1.165, 1.54) is 0 Å². The van der Waals surface area contributed by atoms with Crippen LogP contribution in [0.1, 0.15) is 12.5 Å². The monoisotopic (exact) mass is 385 g/mol. The lowest BCUT2D eigenvalue weighted by molar-refractivity contribution is -0.142. The van der Waals surface area contributed by atoms with Gasteiger partial charge in [0.2, 0.25) is 0 Å². The molecule has 0 amide bonds. The number of hydrogen-bond acceptors (Lipinski definition) is 5. The Morgan fingerprint density at radius 3 is 2.96 bits per heavy atom. The fourth-order valence-electron chi connectivity index (χ4n) is 3.41. The highest BCUT2D eigenvalue weighted by Crippen LogP contribution is 2.39. The fourth-order valence-corrected chi connectivity index (χ4v) is 3.59. The standard InChI is InChI=1S/C20H20ClN3O3/c1-12(20(25)26)16-11-24(9-8-22-16)19-14-10-13(21)6-7-17(14)27-18-5-3-2-4-15(18)23-19/h2-7,10,12,16,22H,8-9,11H2,1H3,(H,25,26)/t12-,16?/m0/s1. The first-order valence-corrected chi connectivity index (χ1v) is 9.27. The number of rotatable bonds is 2. The first kappa shape index (κ1) is 17.8.